The molecule has 4 nitrogen and oxygen atoms in total. The third kappa shape index (κ3) is 4.66. The molecule has 0 spiro atoms. The van der Waals surface area contributed by atoms with Gasteiger partial charge < -0.3 is 4.74 Å². The van der Waals surface area contributed by atoms with Crippen LogP contribution in [0.3, 0.4) is 0 Å². The van der Waals surface area contributed by atoms with E-state index >= 15 is 0 Å². The molecule has 55 heavy (non-hydrogen) atoms. The molecule has 0 saturated heterocycles. The molecule has 0 aliphatic carbocycles. The van der Waals surface area contributed by atoms with E-state index in [0.717, 1.165) is 37.6 Å². The van der Waals surface area contributed by atoms with Crippen molar-refractivity contribution in [1.29, 1.82) is 0 Å². The van der Waals surface area contributed by atoms with E-state index in [1.807, 2.05) is 133 Å². The van der Waals surface area contributed by atoms with E-state index in [-0.39, 0.29) is 11.5 Å². The third-order valence-electron chi connectivity index (χ3n) is 11.1. The second-order valence-electron chi connectivity index (χ2n) is 13.9. The minimum Gasteiger partial charge on any atom is -0.457 e. The highest BCUT2D eigenvalue weighted by Crippen LogP contribution is 2.55. The van der Waals surface area contributed by atoms with Crippen molar-refractivity contribution in [1.82, 2.24) is 14.0 Å². The number of nitrogens with zero attached hydrogens (tertiary/aromatic N) is 3. The number of hydrogen-bond acceptors (Lipinski definition) is 2. The van der Waals surface area contributed by atoms with Gasteiger partial charge in [-0.25, -0.2) is 4.98 Å². The molecule has 1 aliphatic rings. The molecule has 5 heteroatoms. The van der Waals surface area contributed by atoms with Crippen molar-refractivity contribution in [3.05, 3.63) is 187 Å². The molecule has 0 N–H and O–H groups in total. The molecule has 0 bridgehead atoms. The van der Waals surface area contributed by atoms with Crippen LogP contribution in [0.25, 0.3) is 33.5 Å². The smallest absolute Gasteiger partial charge is 0.220 e. The minimum atomic E-state index is -4.03. The van der Waals surface area contributed by atoms with Crippen LogP contribution in [-0.2, 0) is 5.41 Å². The topological polar surface area (TPSA) is 31.5 Å². The Bertz CT molecular complexity index is 3330. The van der Waals surface area contributed by atoms with Gasteiger partial charge >= 0.3 is 0 Å². The van der Waals surface area contributed by atoms with Crippen molar-refractivity contribution in [2.45, 2.75) is 32.8 Å². The van der Waals surface area contributed by atoms with Crippen molar-refractivity contribution in [3.8, 4) is 17.2 Å². The van der Waals surface area contributed by atoms with Gasteiger partial charge in [-0.05, 0) is 75.0 Å². The second-order valence-corrected chi connectivity index (χ2v) is 17.6. The lowest BCUT2D eigenvalue weighted by molar-refractivity contribution is 0.245. The van der Waals surface area contributed by atoms with E-state index in [4.69, 9.17) is 26.2 Å². The number of rotatable bonds is 7. The molecule has 2 aromatic heterocycles. The molecule has 3 heterocycles. The molecular formula is C50H43N3OSi. The Hall–Kier alpha value is -6.17. The Morgan fingerprint density at radius 1 is 0.582 bits per heavy atom. The molecule has 0 atom stereocenters. The molecule has 0 amide bonds. The predicted molar refractivity (Wildman–Crippen MR) is 230 cm³/mol. The molecule has 1 aliphatic heterocycles. The average molecular weight is 744 g/mol. The molecule has 0 unspecified atom stereocenters. The Kier molecular flexibility index (Phi) is 5.00. The Labute approximate surface area is 343 Å². The summed E-state index contributed by atoms with van der Waals surface area (Å²) in [6.45, 7) is -15.8. The van der Waals surface area contributed by atoms with Gasteiger partial charge in [0.05, 0.1) is 22.1 Å². The SMILES string of the molecule is [2H]C([2H])([2H])C([2H])(C([2H])([2H])[2H])C1(C([2H])(C([2H])([2H])[2H])C([2H])([2H])[2H])c2ccccc2Oc2c1cccc2[Si](c1ccccc1)(c1ccccc1)c1cccc(-n2c3ccccc3n3c4ccccc4nc23)c1. The van der Waals surface area contributed by atoms with Crippen LogP contribution in [-0.4, -0.2) is 22.0 Å². The largest absolute Gasteiger partial charge is 0.457 e. The number of aromatic nitrogens is 3. The van der Waals surface area contributed by atoms with Gasteiger partial charge in [-0.2, -0.15) is 0 Å². The van der Waals surface area contributed by atoms with Crippen molar-refractivity contribution >= 4 is 56.7 Å². The summed E-state index contributed by atoms with van der Waals surface area (Å²) in [7, 11) is -4.03. The Balaban J connectivity index is 1.40. The molecule has 0 saturated carbocycles. The molecular weight excluding hydrogens is 687 g/mol. The van der Waals surface area contributed by atoms with Crippen LogP contribution < -0.4 is 25.5 Å². The summed E-state index contributed by atoms with van der Waals surface area (Å²) in [4.78, 5) is 5.11. The van der Waals surface area contributed by atoms with Gasteiger partial charge in [-0.3, -0.25) is 8.97 Å². The van der Waals surface area contributed by atoms with Crippen LogP contribution in [0.5, 0.6) is 11.5 Å². The van der Waals surface area contributed by atoms with Crippen molar-refractivity contribution in [3.63, 3.8) is 0 Å². The summed E-state index contributed by atoms with van der Waals surface area (Å²) in [6, 6.07) is 52.5. The van der Waals surface area contributed by atoms with Gasteiger partial charge in [-0.15, -0.1) is 0 Å². The van der Waals surface area contributed by atoms with Gasteiger partial charge in [0.1, 0.15) is 11.5 Å². The van der Waals surface area contributed by atoms with Crippen molar-refractivity contribution in [2.24, 2.45) is 11.8 Å². The lowest BCUT2D eigenvalue weighted by atomic mass is 9.59. The zero-order valence-corrected chi connectivity index (χ0v) is 30.5. The van der Waals surface area contributed by atoms with E-state index in [1.165, 1.54) is 36.4 Å². The molecule has 0 radical (unpaired) electrons. The maximum absolute atomic E-state index is 10.1. The minimum absolute atomic E-state index is 0.246. The lowest BCUT2D eigenvalue weighted by Gasteiger charge is -2.48. The van der Waals surface area contributed by atoms with Gasteiger partial charge in [-0.1, -0.05) is 161 Å². The van der Waals surface area contributed by atoms with Crippen LogP contribution in [0.2, 0.25) is 0 Å². The summed E-state index contributed by atoms with van der Waals surface area (Å²) in [5.74, 6) is -7.95. The van der Waals surface area contributed by atoms with Crippen LogP contribution in [0.15, 0.2) is 176 Å². The Morgan fingerprint density at radius 3 is 1.89 bits per heavy atom. The first-order valence-electron chi connectivity index (χ1n) is 25.1. The first-order chi connectivity index (χ1) is 32.6. The van der Waals surface area contributed by atoms with E-state index in [2.05, 4.69) is 8.97 Å². The van der Waals surface area contributed by atoms with E-state index in [1.54, 1.807) is 6.07 Å². The average Bonchev–Trinajstić information content (AvgIpc) is 3.85. The van der Waals surface area contributed by atoms with Crippen LogP contribution in [0.4, 0.5) is 0 Å². The fraction of sp³-hybridized carbons (Fsp3) is 0.140. The van der Waals surface area contributed by atoms with Crippen LogP contribution in [0.1, 0.15) is 57.7 Å². The van der Waals surface area contributed by atoms with E-state index < -0.39 is 63.8 Å². The van der Waals surface area contributed by atoms with E-state index in [0.29, 0.717) is 16.7 Å². The molecule has 7 aromatic carbocycles. The fourth-order valence-electron chi connectivity index (χ4n) is 8.85. The highest BCUT2D eigenvalue weighted by atomic mass is 28.3. The molecule has 268 valence electrons. The summed E-state index contributed by atoms with van der Waals surface area (Å²) in [5, 5.41) is 2.60. The van der Waals surface area contributed by atoms with Crippen molar-refractivity contribution < 1.29 is 23.9 Å². The standard InChI is InChI=1S/C50H43N3OSi/c1-34(2)50(35(3)4)40-25-11-16-31-46(40)54-48-41(50)26-18-32-47(48)55(37-20-7-5-8-21-37,38-22-9-6-10-23-38)39-24-17-19-36(33-39)52-44-29-14-15-30-45(44)53-43-28-13-12-27-42(43)51-49(52)53/h5-35H,1-4H3/i1D3,2D3,3D3,4D3,34D,35D. The maximum atomic E-state index is 10.1. The summed E-state index contributed by atoms with van der Waals surface area (Å²) < 4.78 is 139. The fourth-order valence-corrected chi connectivity index (χ4v) is 13.7. The number of hydrogen-bond donors (Lipinski definition) is 0. The highest BCUT2D eigenvalue weighted by molar-refractivity contribution is 7.20. The first kappa shape index (κ1) is 21.6. The molecule has 9 aromatic rings. The molecule has 0 fully saturated rings. The predicted octanol–water partition coefficient (Wildman–Crippen LogP) is 9.51. The van der Waals surface area contributed by atoms with Gasteiger partial charge in [0.2, 0.25) is 5.78 Å². The number of benzene rings is 7. The van der Waals surface area contributed by atoms with Gasteiger partial charge in [0.25, 0.3) is 0 Å². The molecule has 10 rings (SSSR count). The number of para-hydroxylation sites is 6. The lowest BCUT2D eigenvalue weighted by Crippen LogP contribution is -2.75. The third-order valence-corrected chi connectivity index (χ3v) is 15.9. The quantitative estimate of drug-likeness (QED) is 0.120. The highest BCUT2D eigenvalue weighted by Gasteiger charge is 2.51. The maximum Gasteiger partial charge on any atom is 0.220 e. The van der Waals surface area contributed by atoms with Gasteiger partial charge in [0.15, 0.2) is 8.07 Å². The Morgan fingerprint density at radius 2 is 1.16 bits per heavy atom. The normalized spacial score (nSPS) is 18.8. The summed E-state index contributed by atoms with van der Waals surface area (Å²) >= 11 is 0. The zero-order chi connectivity index (χ0) is 49.2. The zero-order valence-electron chi connectivity index (χ0n) is 43.5. The van der Waals surface area contributed by atoms with E-state index in [9.17, 15) is 2.74 Å². The number of fused-ring (bicyclic) bond motifs is 7. The second kappa shape index (κ2) is 12.7. The monoisotopic (exact) mass is 743 g/mol. The van der Waals surface area contributed by atoms with Crippen LogP contribution in [0, 0.1) is 11.8 Å². The first-order valence-corrected chi connectivity index (χ1v) is 20.1. The number of imidazole rings is 2. The summed E-state index contributed by atoms with van der Waals surface area (Å²) in [6.07, 6.45) is 0. The summed E-state index contributed by atoms with van der Waals surface area (Å²) in [5.41, 5.74) is -0.406. The van der Waals surface area contributed by atoms with Crippen molar-refractivity contribution in [2.75, 3.05) is 0 Å². The van der Waals surface area contributed by atoms with Gasteiger partial charge in [0, 0.05) is 41.4 Å². The number of ether oxygens (including phenoxy) is 1. The van der Waals surface area contributed by atoms with Crippen LogP contribution >= 0.6 is 0 Å².